The number of aromatic nitrogens is 4. The van der Waals surface area contributed by atoms with Gasteiger partial charge < -0.3 is 34.1 Å². The molecule has 0 aliphatic carbocycles. The summed E-state index contributed by atoms with van der Waals surface area (Å²) in [5.74, 6) is -1.31. The second-order valence-electron chi connectivity index (χ2n) is 16.7. The molecule has 7 rings (SSSR count). The lowest BCUT2D eigenvalue weighted by molar-refractivity contribution is 0.0266. The topological polar surface area (TPSA) is 161 Å². The van der Waals surface area contributed by atoms with E-state index in [-0.39, 0.29) is 18.2 Å². The van der Waals surface area contributed by atoms with Crippen molar-refractivity contribution in [2.45, 2.75) is 77.8 Å². The van der Waals surface area contributed by atoms with Crippen LogP contribution in [0, 0.1) is 11.6 Å². The lowest BCUT2D eigenvalue weighted by Gasteiger charge is -2.24. The summed E-state index contributed by atoms with van der Waals surface area (Å²) in [7, 11) is 0. The molecular formula is C44H47F2N7O7. The van der Waals surface area contributed by atoms with E-state index in [1.807, 2.05) is 45.0 Å². The number of nitrogens with one attached hydrogen (secondary N) is 2. The number of carbonyl (C=O) groups excluding carboxylic acids is 3. The Labute approximate surface area is 346 Å². The number of halogens is 2. The summed E-state index contributed by atoms with van der Waals surface area (Å²) in [5, 5.41) is 17.3. The average molecular weight is 824 g/mol. The highest BCUT2D eigenvalue weighted by Gasteiger charge is 2.33. The molecule has 314 valence electrons. The number of hydrogen-bond donors (Lipinski definition) is 2. The fourth-order valence-electron chi connectivity index (χ4n) is 6.91. The Morgan fingerprint density at radius 1 is 0.700 bits per heavy atom. The van der Waals surface area contributed by atoms with Crippen molar-refractivity contribution in [2.75, 3.05) is 31.5 Å². The molecular weight excluding hydrogens is 777 g/mol. The van der Waals surface area contributed by atoms with Crippen molar-refractivity contribution >= 4 is 23.8 Å². The molecule has 0 saturated carbocycles. The van der Waals surface area contributed by atoms with E-state index in [4.69, 9.17) is 18.9 Å². The predicted octanol–water partition coefficient (Wildman–Crippen LogP) is 8.51. The van der Waals surface area contributed by atoms with Gasteiger partial charge in [0.05, 0.1) is 13.1 Å². The second-order valence-corrected chi connectivity index (χ2v) is 16.7. The first-order valence-electron chi connectivity index (χ1n) is 19.7. The molecule has 2 saturated heterocycles. The Morgan fingerprint density at radius 2 is 1.28 bits per heavy atom. The highest BCUT2D eigenvalue weighted by atomic mass is 19.2. The molecule has 5 aromatic rings. The largest absolute Gasteiger partial charge is 0.488 e. The number of nitrogens with zero attached hydrogens (tertiary/aromatic N) is 5. The van der Waals surface area contributed by atoms with Gasteiger partial charge in [0, 0.05) is 53.9 Å². The molecule has 14 nitrogen and oxygen atoms in total. The molecule has 2 fully saturated rings. The molecule has 16 heteroatoms. The summed E-state index contributed by atoms with van der Waals surface area (Å²) in [6, 6.07) is 20.9. The molecule has 2 N–H and O–H groups in total. The summed E-state index contributed by atoms with van der Waals surface area (Å²) in [4.78, 5) is 42.7. The van der Waals surface area contributed by atoms with Gasteiger partial charge in [0.2, 0.25) is 5.82 Å². The number of anilines is 1. The molecule has 0 spiro atoms. The lowest BCUT2D eigenvalue weighted by Crippen LogP contribution is -2.36. The first-order chi connectivity index (χ1) is 28.5. The molecule has 3 heterocycles. The first-order valence-corrected chi connectivity index (χ1v) is 19.7. The SMILES string of the molecule is CC(C)(C)OC(=O)N1CC[C@H](Oc2ccc(NC(=O)c3ccc(O[C@H]4CCN(C(=O)OC(C)(C)C)C4)c(-c4ccc(F)c(F)c4)c3)cc2-c2cccc(-c3nn[nH]n3)c2)C1. The predicted molar refractivity (Wildman–Crippen MR) is 218 cm³/mol. The van der Waals surface area contributed by atoms with E-state index >= 15 is 0 Å². The van der Waals surface area contributed by atoms with E-state index in [1.165, 1.54) is 6.07 Å². The van der Waals surface area contributed by atoms with Crippen LogP contribution in [0.25, 0.3) is 33.6 Å². The maximum atomic E-state index is 14.6. The number of aromatic amines is 1. The Balaban J connectivity index is 1.15. The number of likely N-dealkylation sites (tertiary alicyclic amines) is 2. The molecule has 0 bridgehead atoms. The molecule has 60 heavy (non-hydrogen) atoms. The van der Waals surface area contributed by atoms with Crippen LogP contribution in [0.5, 0.6) is 11.5 Å². The van der Waals surface area contributed by atoms with Crippen molar-refractivity contribution in [3.63, 3.8) is 0 Å². The van der Waals surface area contributed by atoms with Gasteiger partial charge >= 0.3 is 12.2 Å². The summed E-state index contributed by atoms with van der Waals surface area (Å²) >= 11 is 0. The molecule has 4 aromatic carbocycles. The lowest BCUT2D eigenvalue weighted by atomic mass is 10.00. The van der Waals surface area contributed by atoms with Gasteiger partial charge in [-0.15, -0.1) is 10.2 Å². The summed E-state index contributed by atoms with van der Waals surface area (Å²) < 4.78 is 52.6. The van der Waals surface area contributed by atoms with Gasteiger partial charge in [0.1, 0.15) is 34.9 Å². The summed E-state index contributed by atoms with van der Waals surface area (Å²) in [6.07, 6.45) is -0.493. The van der Waals surface area contributed by atoms with Gasteiger partial charge in [0.15, 0.2) is 11.6 Å². The van der Waals surface area contributed by atoms with Crippen molar-refractivity contribution in [1.29, 1.82) is 0 Å². The normalized spacial score (nSPS) is 16.7. The van der Waals surface area contributed by atoms with Crippen LogP contribution < -0.4 is 14.8 Å². The fourth-order valence-corrected chi connectivity index (χ4v) is 6.91. The van der Waals surface area contributed by atoms with Crippen LogP contribution in [0.1, 0.15) is 64.7 Å². The number of amides is 3. The molecule has 3 amide bonds. The molecule has 2 atom stereocenters. The highest BCUT2D eigenvalue weighted by molar-refractivity contribution is 6.05. The van der Waals surface area contributed by atoms with Gasteiger partial charge in [-0.1, -0.05) is 24.3 Å². The van der Waals surface area contributed by atoms with E-state index in [2.05, 4.69) is 25.9 Å². The van der Waals surface area contributed by atoms with Gasteiger partial charge in [0.25, 0.3) is 5.91 Å². The molecule has 2 aliphatic heterocycles. The van der Waals surface area contributed by atoms with E-state index in [0.29, 0.717) is 77.7 Å². The van der Waals surface area contributed by atoms with Crippen LogP contribution in [-0.2, 0) is 9.47 Å². The zero-order valence-electron chi connectivity index (χ0n) is 34.3. The van der Waals surface area contributed by atoms with E-state index in [9.17, 15) is 23.2 Å². The molecule has 1 aromatic heterocycles. The van der Waals surface area contributed by atoms with Crippen LogP contribution in [0.3, 0.4) is 0 Å². The molecule has 0 radical (unpaired) electrons. The third kappa shape index (κ3) is 10.2. The maximum absolute atomic E-state index is 14.6. The number of carbonyl (C=O) groups is 3. The van der Waals surface area contributed by atoms with Gasteiger partial charge in [-0.2, -0.15) is 5.21 Å². The van der Waals surface area contributed by atoms with Crippen LogP contribution in [-0.4, -0.2) is 98.1 Å². The molecule has 0 unspecified atom stereocenters. The van der Waals surface area contributed by atoms with Gasteiger partial charge in [-0.3, -0.25) is 4.79 Å². The Kier molecular flexibility index (Phi) is 11.7. The Hall–Kier alpha value is -6.58. The number of hydrogen-bond acceptors (Lipinski definition) is 10. The number of H-pyrrole nitrogens is 1. The van der Waals surface area contributed by atoms with Gasteiger partial charge in [-0.25, -0.2) is 18.4 Å². The van der Waals surface area contributed by atoms with E-state index in [0.717, 1.165) is 17.7 Å². The van der Waals surface area contributed by atoms with Crippen molar-refractivity contribution in [2.24, 2.45) is 0 Å². The summed E-state index contributed by atoms with van der Waals surface area (Å²) in [6.45, 7) is 12.3. The standard InChI is InChI=1S/C44H47F2N7O7/c1-43(2,3)59-41(55)52-18-16-31(24-52)57-37-14-11-29(21-33(37)27-10-13-35(45)36(46)22-27)40(54)47-30-12-15-38(58-32-17-19-53(25-32)42(56)60-44(4,5)6)34(23-30)26-8-7-9-28(20-26)39-48-50-51-49-39/h7-15,20-23,31-32H,16-19,24-25H2,1-6H3,(H,47,54)(H,48,49,50,51)/t31-,32-/m0/s1. The smallest absolute Gasteiger partial charge is 0.410 e. The minimum Gasteiger partial charge on any atom is -0.488 e. The number of tetrazole rings is 1. The van der Waals surface area contributed by atoms with Crippen molar-refractivity contribution < 1.29 is 42.1 Å². The summed E-state index contributed by atoms with van der Waals surface area (Å²) in [5.41, 5.74) is 2.11. The quantitative estimate of drug-likeness (QED) is 0.148. The maximum Gasteiger partial charge on any atom is 0.410 e. The number of rotatable bonds is 9. The highest BCUT2D eigenvalue weighted by Crippen LogP contribution is 2.38. The zero-order valence-corrected chi connectivity index (χ0v) is 34.3. The van der Waals surface area contributed by atoms with Gasteiger partial charge in [-0.05, 0) is 112 Å². The van der Waals surface area contributed by atoms with Crippen LogP contribution in [0.2, 0.25) is 0 Å². The minimum absolute atomic E-state index is 0.220. The molecule has 2 aliphatic rings. The third-order valence-electron chi connectivity index (χ3n) is 9.67. The number of ether oxygens (including phenoxy) is 4. The van der Waals surface area contributed by atoms with Crippen molar-refractivity contribution in [1.82, 2.24) is 30.4 Å². The second kappa shape index (κ2) is 17.0. The number of benzene rings is 4. The monoisotopic (exact) mass is 823 g/mol. The first kappa shape index (κ1) is 41.6. The van der Waals surface area contributed by atoms with Crippen molar-refractivity contribution in [3.05, 3.63) is 96.1 Å². The Bertz CT molecular complexity index is 2380. The third-order valence-corrected chi connectivity index (χ3v) is 9.67. The van der Waals surface area contributed by atoms with Crippen LogP contribution >= 0.6 is 0 Å². The fraction of sp³-hybridized carbons (Fsp3) is 0.364. The van der Waals surface area contributed by atoms with Crippen LogP contribution in [0.4, 0.5) is 24.1 Å². The van der Waals surface area contributed by atoms with Crippen LogP contribution in [0.15, 0.2) is 78.9 Å². The minimum atomic E-state index is -1.06. The van der Waals surface area contributed by atoms with E-state index < -0.39 is 47.0 Å². The zero-order chi connectivity index (χ0) is 42.8. The average Bonchev–Trinajstić information content (AvgIpc) is 3.99. The Morgan fingerprint density at radius 3 is 1.87 bits per heavy atom. The van der Waals surface area contributed by atoms with Crippen molar-refractivity contribution in [3.8, 4) is 45.1 Å². The van der Waals surface area contributed by atoms with E-state index in [1.54, 1.807) is 67.0 Å².